The standard InChI is InChI=1S/C24H20F2N4O/c25-19-2-1-3-21-23(19)18(24(31)29-21)13-28-17-4-5-22(20(26)12-17)30-11-8-16(14-30)15-6-9-27-10-7-15/h1-7,9-10,12-13,16,29,31H,8,11,14H2. The van der Waals surface area contributed by atoms with Crippen molar-refractivity contribution in [1.29, 1.82) is 0 Å². The van der Waals surface area contributed by atoms with E-state index in [2.05, 4.69) is 15.0 Å². The lowest BCUT2D eigenvalue weighted by Crippen LogP contribution is -2.20. The van der Waals surface area contributed by atoms with Crippen LogP contribution < -0.4 is 4.90 Å². The molecule has 1 fully saturated rings. The highest BCUT2D eigenvalue weighted by molar-refractivity contribution is 6.02. The fourth-order valence-electron chi connectivity index (χ4n) is 4.20. The minimum absolute atomic E-state index is 0.180. The number of aromatic amines is 1. The molecule has 31 heavy (non-hydrogen) atoms. The van der Waals surface area contributed by atoms with Gasteiger partial charge in [0.1, 0.15) is 11.6 Å². The minimum Gasteiger partial charge on any atom is -0.494 e. The van der Waals surface area contributed by atoms with Crippen LogP contribution in [0.25, 0.3) is 10.9 Å². The van der Waals surface area contributed by atoms with Crippen molar-refractivity contribution in [2.45, 2.75) is 12.3 Å². The summed E-state index contributed by atoms with van der Waals surface area (Å²) in [7, 11) is 0. The van der Waals surface area contributed by atoms with Crippen LogP contribution in [0.4, 0.5) is 20.2 Å². The predicted molar refractivity (Wildman–Crippen MR) is 117 cm³/mol. The normalized spacial score (nSPS) is 16.6. The molecule has 1 saturated heterocycles. The van der Waals surface area contributed by atoms with Gasteiger partial charge in [-0.15, -0.1) is 0 Å². The van der Waals surface area contributed by atoms with Gasteiger partial charge < -0.3 is 15.0 Å². The quantitative estimate of drug-likeness (QED) is 0.443. The highest BCUT2D eigenvalue weighted by atomic mass is 19.1. The number of anilines is 1. The van der Waals surface area contributed by atoms with Gasteiger partial charge in [0.25, 0.3) is 0 Å². The lowest BCUT2D eigenvalue weighted by atomic mass is 10.00. The van der Waals surface area contributed by atoms with E-state index in [1.165, 1.54) is 23.9 Å². The van der Waals surface area contributed by atoms with Crippen LogP contribution in [-0.4, -0.2) is 34.4 Å². The van der Waals surface area contributed by atoms with Crippen LogP contribution in [0.2, 0.25) is 0 Å². The Labute approximate surface area is 177 Å². The number of hydrogen-bond acceptors (Lipinski definition) is 4. The lowest BCUT2D eigenvalue weighted by molar-refractivity contribution is 0.457. The molecule has 3 heterocycles. The second-order valence-electron chi connectivity index (χ2n) is 7.66. The summed E-state index contributed by atoms with van der Waals surface area (Å²) in [5.74, 6) is -0.658. The van der Waals surface area contributed by atoms with Gasteiger partial charge >= 0.3 is 0 Å². The van der Waals surface area contributed by atoms with Gasteiger partial charge in [0.05, 0.1) is 22.5 Å². The number of nitrogens with one attached hydrogen (secondary N) is 1. The molecule has 1 unspecified atom stereocenters. The second kappa shape index (κ2) is 7.83. The molecule has 0 radical (unpaired) electrons. The average molecular weight is 418 g/mol. The van der Waals surface area contributed by atoms with Gasteiger partial charge in [0.2, 0.25) is 0 Å². The van der Waals surface area contributed by atoms with E-state index in [1.807, 2.05) is 17.0 Å². The summed E-state index contributed by atoms with van der Waals surface area (Å²) in [6.07, 6.45) is 5.86. The molecule has 156 valence electrons. The molecule has 2 aromatic heterocycles. The Hall–Kier alpha value is -3.74. The largest absolute Gasteiger partial charge is 0.494 e. The first-order valence-electron chi connectivity index (χ1n) is 10.1. The molecule has 5 rings (SSSR count). The van der Waals surface area contributed by atoms with Crippen LogP contribution in [-0.2, 0) is 0 Å². The van der Waals surface area contributed by atoms with Crippen molar-refractivity contribution >= 4 is 28.5 Å². The van der Waals surface area contributed by atoms with Crippen molar-refractivity contribution in [1.82, 2.24) is 9.97 Å². The van der Waals surface area contributed by atoms with Crippen LogP contribution in [0.5, 0.6) is 5.88 Å². The predicted octanol–water partition coefficient (Wildman–Crippen LogP) is 5.29. The molecule has 2 N–H and O–H groups in total. The molecular weight excluding hydrogens is 398 g/mol. The minimum atomic E-state index is -0.463. The van der Waals surface area contributed by atoms with Gasteiger partial charge in [-0.1, -0.05) is 6.07 Å². The summed E-state index contributed by atoms with van der Waals surface area (Å²) in [5.41, 5.74) is 2.84. The summed E-state index contributed by atoms with van der Waals surface area (Å²) in [6.45, 7) is 1.51. The summed E-state index contributed by atoms with van der Waals surface area (Å²) in [5, 5.41) is 10.3. The van der Waals surface area contributed by atoms with Crippen molar-refractivity contribution in [2.24, 2.45) is 4.99 Å². The smallest absolute Gasteiger partial charge is 0.198 e. The third-order valence-electron chi connectivity index (χ3n) is 5.77. The maximum absolute atomic E-state index is 14.9. The SMILES string of the molecule is Oc1[nH]c2cccc(F)c2c1C=Nc1ccc(N2CCC(c3ccncc3)C2)c(F)c1. The Kier molecular flexibility index (Phi) is 4.86. The van der Waals surface area contributed by atoms with Crippen molar-refractivity contribution in [3.8, 4) is 5.88 Å². The first-order valence-corrected chi connectivity index (χ1v) is 10.1. The third kappa shape index (κ3) is 3.63. The maximum atomic E-state index is 14.9. The highest BCUT2D eigenvalue weighted by Crippen LogP contribution is 2.33. The van der Waals surface area contributed by atoms with E-state index in [-0.39, 0.29) is 22.6 Å². The molecule has 0 aliphatic carbocycles. The summed E-state index contributed by atoms with van der Waals surface area (Å²) in [4.78, 5) is 13.1. The Morgan fingerprint density at radius 2 is 1.94 bits per heavy atom. The van der Waals surface area contributed by atoms with E-state index < -0.39 is 5.82 Å². The number of nitrogens with zero attached hydrogens (tertiary/aromatic N) is 3. The fraction of sp³-hybridized carbons (Fsp3) is 0.167. The molecule has 1 aliphatic heterocycles. The van der Waals surface area contributed by atoms with Gasteiger partial charge in [0.15, 0.2) is 5.88 Å². The van der Waals surface area contributed by atoms with Crippen LogP contribution in [0.15, 0.2) is 65.9 Å². The number of halogens is 2. The number of H-pyrrole nitrogens is 1. The van der Waals surface area contributed by atoms with E-state index in [0.29, 0.717) is 22.8 Å². The number of pyridine rings is 1. The third-order valence-corrected chi connectivity index (χ3v) is 5.77. The van der Waals surface area contributed by atoms with E-state index in [1.54, 1.807) is 36.7 Å². The first-order chi connectivity index (χ1) is 15.1. The lowest BCUT2D eigenvalue weighted by Gasteiger charge is -2.19. The highest BCUT2D eigenvalue weighted by Gasteiger charge is 2.25. The molecule has 4 aromatic rings. The van der Waals surface area contributed by atoms with Gasteiger partial charge in [-0.05, 0) is 48.4 Å². The Morgan fingerprint density at radius 3 is 2.74 bits per heavy atom. The van der Waals surface area contributed by atoms with Crippen LogP contribution in [0.3, 0.4) is 0 Å². The molecule has 2 aromatic carbocycles. The zero-order chi connectivity index (χ0) is 21.4. The Bertz CT molecular complexity index is 1270. The monoisotopic (exact) mass is 418 g/mol. The average Bonchev–Trinajstić information content (AvgIpc) is 3.38. The number of hydrogen-bond donors (Lipinski definition) is 2. The van der Waals surface area contributed by atoms with E-state index in [9.17, 15) is 13.9 Å². The Balaban J connectivity index is 1.37. The van der Waals surface area contributed by atoms with Crippen LogP contribution >= 0.6 is 0 Å². The second-order valence-corrected chi connectivity index (χ2v) is 7.66. The Morgan fingerprint density at radius 1 is 1.10 bits per heavy atom. The molecule has 7 heteroatoms. The number of aromatic nitrogens is 2. The van der Waals surface area contributed by atoms with Gasteiger partial charge in [-0.2, -0.15) is 0 Å². The summed E-state index contributed by atoms with van der Waals surface area (Å²) < 4.78 is 29.0. The van der Waals surface area contributed by atoms with Crippen molar-refractivity contribution in [3.63, 3.8) is 0 Å². The number of fused-ring (bicyclic) bond motifs is 1. The summed E-state index contributed by atoms with van der Waals surface area (Å²) >= 11 is 0. The van der Waals surface area contributed by atoms with E-state index in [4.69, 9.17) is 0 Å². The molecule has 0 amide bonds. The molecule has 5 nitrogen and oxygen atoms in total. The molecule has 0 spiro atoms. The molecule has 1 atom stereocenters. The van der Waals surface area contributed by atoms with Gasteiger partial charge in [0, 0.05) is 49.1 Å². The number of aromatic hydroxyl groups is 1. The van der Waals surface area contributed by atoms with Crippen LogP contribution in [0, 0.1) is 11.6 Å². The number of rotatable bonds is 4. The molecule has 0 saturated carbocycles. The summed E-state index contributed by atoms with van der Waals surface area (Å²) in [6, 6.07) is 13.3. The van der Waals surface area contributed by atoms with Gasteiger partial charge in [-0.3, -0.25) is 9.98 Å². The van der Waals surface area contributed by atoms with Crippen molar-refractivity contribution in [3.05, 3.63) is 83.7 Å². The molecule has 0 bridgehead atoms. The zero-order valence-corrected chi connectivity index (χ0v) is 16.6. The maximum Gasteiger partial charge on any atom is 0.198 e. The number of benzene rings is 2. The van der Waals surface area contributed by atoms with E-state index in [0.717, 1.165) is 19.5 Å². The fourth-order valence-corrected chi connectivity index (χ4v) is 4.20. The van der Waals surface area contributed by atoms with Crippen LogP contribution in [0.1, 0.15) is 23.5 Å². The van der Waals surface area contributed by atoms with E-state index >= 15 is 0 Å². The number of aliphatic imine (C=N–C) groups is 1. The topological polar surface area (TPSA) is 64.5 Å². The zero-order valence-electron chi connectivity index (χ0n) is 16.6. The van der Waals surface area contributed by atoms with Crippen molar-refractivity contribution < 1.29 is 13.9 Å². The first kappa shape index (κ1) is 19.2. The van der Waals surface area contributed by atoms with Gasteiger partial charge in [-0.25, -0.2) is 8.78 Å². The molecule has 1 aliphatic rings. The van der Waals surface area contributed by atoms with Crippen molar-refractivity contribution in [2.75, 3.05) is 18.0 Å². The molecular formula is C24H20F2N4O.